The van der Waals surface area contributed by atoms with Gasteiger partial charge in [-0.25, -0.2) is 4.98 Å². The SMILES string of the molecule is C=C(N=S(N)c1cnc(C(C)(C)N)s1)Nc1c2c(nc(C3CC3C)c1CC)CCC2. The van der Waals surface area contributed by atoms with Gasteiger partial charge in [-0.2, -0.15) is 4.36 Å². The number of nitrogens with zero attached hydrogens (tertiary/aromatic N) is 3. The summed E-state index contributed by atoms with van der Waals surface area (Å²) < 4.78 is 5.56. The minimum atomic E-state index is -0.818. The van der Waals surface area contributed by atoms with Crippen LogP contribution in [0.5, 0.6) is 0 Å². The molecule has 1 saturated carbocycles. The fraction of sp³-hybridized carbons (Fsp3) is 0.545. The van der Waals surface area contributed by atoms with Crippen LogP contribution in [0.1, 0.15) is 74.0 Å². The highest BCUT2D eigenvalue weighted by Gasteiger charge is 2.38. The lowest BCUT2D eigenvalue weighted by Gasteiger charge is -2.19. The summed E-state index contributed by atoms with van der Waals surface area (Å²) in [5.41, 5.74) is 12.0. The highest BCUT2D eigenvalue weighted by Crippen LogP contribution is 2.49. The van der Waals surface area contributed by atoms with E-state index in [0.29, 0.717) is 11.7 Å². The first-order valence-corrected chi connectivity index (χ1v) is 12.7. The summed E-state index contributed by atoms with van der Waals surface area (Å²) >= 11 is 1.52. The van der Waals surface area contributed by atoms with E-state index in [1.807, 2.05) is 13.8 Å². The number of aromatic nitrogens is 2. The van der Waals surface area contributed by atoms with Crippen LogP contribution in [0.4, 0.5) is 5.69 Å². The van der Waals surface area contributed by atoms with Crippen molar-refractivity contribution in [3.05, 3.63) is 46.1 Å². The van der Waals surface area contributed by atoms with Crippen LogP contribution in [0, 0.1) is 5.92 Å². The molecule has 3 atom stereocenters. The van der Waals surface area contributed by atoms with Crippen molar-refractivity contribution in [1.82, 2.24) is 9.97 Å². The number of nitrogens with two attached hydrogens (primary N) is 2. The first kappa shape index (κ1) is 21.6. The van der Waals surface area contributed by atoms with Crippen molar-refractivity contribution < 1.29 is 0 Å². The normalized spacial score (nSPS) is 21.5. The number of anilines is 1. The van der Waals surface area contributed by atoms with Gasteiger partial charge in [0.15, 0.2) is 0 Å². The maximum absolute atomic E-state index is 6.37. The number of rotatable bonds is 7. The lowest BCUT2D eigenvalue weighted by atomic mass is 9.99. The third-order valence-electron chi connectivity index (χ3n) is 5.89. The average Bonchev–Trinajstić information content (AvgIpc) is 3.09. The molecule has 0 aromatic carbocycles. The van der Waals surface area contributed by atoms with Gasteiger partial charge in [-0.3, -0.25) is 10.1 Å². The van der Waals surface area contributed by atoms with Gasteiger partial charge in [-0.1, -0.05) is 20.4 Å². The Hall–Kier alpha value is -1.61. The fourth-order valence-electron chi connectivity index (χ4n) is 4.15. The Morgan fingerprint density at radius 2 is 2.17 bits per heavy atom. The quantitative estimate of drug-likeness (QED) is 0.582. The molecule has 4 rings (SSSR count). The summed E-state index contributed by atoms with van der Waals surface area (Å²) in [5, 5.41) is 10.8. The van der Waals surface area contributed by atoms with Crippen LogP contribution < -0.4 is 16.2 Å². The van der Waals surface area contributed by atoms with Gasteiger partial charge in [-0.15, -0.1) is 11.3 Å². The Morgan fingerprint density at radius 1 is 1.43 bits per heavy atom. The minimum Gasteiger partial charge on any atom is -0.340 e. The third kappa shape index (κ3) is 4.23. The van der Waals surface area contributed by atoms with Crippen LogP contribution in [-0.2, 0) is 35.7 Å². The Morgan fingerprint density at radius 3 is 2.77 bits per heavy atom. The zero-order chi connectivity index (χ0) is 21.6. The highest BCUT2D eigenvalue weighted by atomic mass is 32.2. The lowest BCUT2D eigenvalue weighted by molar-refractivity contribution is 0.550. The molecule has 2 aliphatic rings. The van der Waals surface area contributed by atoms with Crippen molar-refractivity contribution in [3.63, 3.8) is 0 Å². The smallest absolute Gasteiger partial charge is 0.132 e. The van der Waals surface area contributed by atoms with Crippen LogP contribution in [0.15, 0.2) is 27.2 Å². The first-order chi connectivity index (χ1) is 14.2. The molecule has 30 heavy (non-hydrogen) atoms. The van der Waals surface area contributed by atoms with Gasteiger partial charge in [0, 0.05) is 33.9 Å². The van der Waals surface area contributed by atoms with Gasteiger partial charge in [0.2, 0.25) is 0 Å². The molecule has 0 aliphatic heterocycles. The molecular weight excluding hydrogens is 412 g/mol. The van der Waals surface area contributed by atoms with Crippen LogP contribution in [0.3, 0.4) is 0 Å². The largest absolute Gasteiger partial charge is 0.340 e. The Bertz CT molecular complexity index is 1020. The monoisotopic (exact) mass is 444 g/mol. The van der Waals surface area contributed by atoms with Crippen molar-refractivity contribution in [1.29, 1.82) is 0 Å². The molecular formula is C22H32N6S2. The second-order valence-electron chi connectivity index (χ2n) is 8.99. The van der Waals surface area contributed by atoms with Crippen LogP contribution in [0.25, 0.3) is 0 Å². The number of pyridine rings is 1. The van der Waals surface area contributed by atoms with Crippen LogP contribution in [0.2, 0.25) is 0 Å². The molecule has 2 aromatic heterocycles. The van der Waals surface area contributed by atoms with Crippen molar-refractivity contribution in [2.45, 2.75) is 75.5 Å². The highest BCUT2D eigenvalue weighted by molar-refractivity contribution is 7.87. The van der Waals surface area contributed by atoms with Crippen molar-refractivity contribution in [3.8, 4) is 0 Å². The zero-order valence-electron chi connectivity index (χ0n) is 18.3. The second-order valence-corrected chi connectivity index (χ2v) is 11.5. The van der Waals surface area contributed by atoms with E-state index < -0.39 is 16.4 Å². The van der Waals surface area contributed by atoms with Gasteiger partial charge >= 0.3 is 0 Å². The molecule has 0 bridgehead atoms. The molecule has 2 aromatic rings. The number of hydrogen-bond acceptors (Lipinski definition) is 6. The minimum absolute atomic E-state index is 0.480. The van der Waals surface area contributed by atoms with E-state index in [1.165, 1.54) is 46.0 Å². The number of fused-ring (bicyclic) bond motifs is 1. The molecule has 1 fully saturated rings. The molecule has 0 amide bonds. The van der Waals surface area contributed by atoms with E-state index in [1.54, 1.807) is 6.20 Å². The van der Waals surface area contributed by atoms with Crippen LogP contribution >= 0.6 is 11.3 Å². The number of nitrogens with one attached hydrogen (secondary N) is 1. The second kappa shape index (κ2) is 8.15. The molecule has 2 aliphatic carbocycles. The molecule has 0 saturated heterocycles. The standard InChI is InChI=1S/C22H32N6S2/c1-6-14-19(15-8-7-9-17(15)27-20(14)16-10-12(16)2)26-13(3)28-30(24)18-11-25-21(29-18)22(4,5)23/h11-12,16H,3,6-10,23H2,1-2,4-5H3,(H2,24,28)(H,26,27). The van der Waals surface area contributed by atoms with E-state index >= 15 is 0 Å². The Labute approximate surface area is 185 Å². The predicted molar refractivity (Wildman–Crippen MR) is 126 cm³/mol. The summed E-state index contributed by atoms with van der Waals surface area (Å²) in [6.07, 6.45) is 7.25. The van der Waals surface area contributed by atoms with E-state index in [9.17, 15) is 0 Å². The summed E-state index contributed by atoms with van der Waals surface area (Å²) in [6, 6.07) is 0. The summed E-state index contributed by atoms with van der Waals surface area (Å²) in [6.45, 7) is 12.6. The van der Waals surface area contributed by atoms with Gasteiger partial charge in [-0.05, 0) is 63.0 Å². The molecule has 5 N–H and O–H groups in total. The lowest BCUT2D eigenvalue weighted by Crippen LogP contribution is -2.28. The number of aryl methyl sites for hydroxylation is 1. The Kier molecular flexibility index (Phi) is 5.87. The van der Waals surface area contributed by atoms with E-state index in [-0.39, 0.29) is 0 Å². The molecule has 0 spiro atoms. The summed E-state index contributed by atoms with van der Waals surface area (Å²) in [4.78, 5) is 9.52. The summed E-state index contributed by atoms with van der Waals surface area (Å²) in [5.74, 6) is 1.91. The number of thiazole rings is 1. The molecule has 8 heteroatoms. The molecule has 2 heterocycles. The fourth-order valence-corrected chi connectivity index (χ4v) is 6.04. The number of hydrogen-bond donors (Lipinski definition) is 3. The van der Waals surface area contributed by atoms with E-state index in [0.717, 1.165) is 40.8 Å². The topological polar surface area (TPSA) is 102 Å². The maximum Gasteiger partial charge on any atom is 0.132 e. The van der Waals surface area contributed by atoms with E-state index in [4.69, 9.17) is 15.9 Å². The van der Waals surface area contributed by atoms with Crippen molar-refractivity contribution in [2.24, 2.45) is 21.2 Å². The van der Waals surface area contributed by atoms with Crippen LogP contribution in [-0.4, -0.2) is 9.97 Å². The predicted octanol–water partition coefficient (Wildman–Crippen LogP) is 4.52. The van der Waals surface area contributed by atoms with Gasteiger partial charge in [0.05, 0.1) is 11.7 Å². The molecule has 6 nitrogen and oxygen atoms in total. The van der Waals surface area contributed by atoms with Gasteiger partial charge < -0.3 is 11.1 Å². The Balaban J connectivity index is 1.62. The van der Waals surface area contributed by atoms with E-state index in [2.05, 4.69) is 35.1 Å². The molecule has 3 unspecified atom stereocenters. The first-order valence-electron chi connectivity index (χ1n) is 10.6. The average molecular weight is 445 g/mol. The molecule has 0 radical (unpaired) electrons. The third-order valence-corrected chi connectivity index (χ3v) is 8.72. The van der Waals surface area contributed by atoms with Gasteiger partial charge in [0.1, 0.15) is 15.0 Å². The molecule has 162 valence electrons. The van der Waals surface area contributed by atoms with Crippen molar-refractivity contribution in [2.75, 3.05) is 5.32 Å². The maximum atomic E-state index is 6.37. The summed E-state index contributed by atoms with van der Waals surface area (Å²) in [7, 11) is -0.818. The van der Waals surface area contributed by atoms with Gasteiger partial charge in [0.25, 0.3) is 0 Å². The van der Waals surface area contributed by atoms with Crippen molar-refractivity contribution >= 4 is 27.9 Å². The zero-order valence-corrected chi connectivity index (χ0v) is 19.9.